The summed E-state index contributed by atoms with van der Waals surface area (Å²) in [6.07, 6.45) is 2.66. The van der Waals surface area contributed by atoms with Crippen LogP contribution >= 0.6 is 0 Å². The average molecular weight is 382 g/mol. The van der Waals surface area contributed by atoms with Crippen molar-refractivity contribution < 1.29 is 21.9 Å². The molecule has 0 unspecified atom stereocenters. The summed E-state index contributed by atoms with van der Waals surface area (Å²) in [4.78, 5) is 4.27. The van der Waals surface area contributed by atoms with Crippen LogP contribution < -0.4 is 4.74 Å². The third-order valence-electron chi connectivity index (χ3n) is 3.62. The van der Waals surface area contributed by atoms with Crippen molar-refractivity contribution >= 4 is 15.5 Å². The fourth-order valence-electron chi connectivity index (χ4n) is 2.35. The van der Waals surface area contributed by atoms with Crippen molar-refractivity contribution in [1.82, 2.24) is 19.6 Å². The van der Waals surface area contributed by atoms with Gasteiger partial charge in [0.05, 0.1) is 28.2 Å². The number of alkyl halides is 2. The first-order valence-corrected chi connectivity index (χ1v) is 9.39. The van der Waals surface area contributed by atoms with E-state index in [1.54, 1.807) is 13.0 Å². The fourth-order valence-corrected chi connectivity index (χ4v) is 3.43. The Labute approximate surface area is 148 Å². The van der Waals surface area contributed by atoms with Crippen LogP contribution in [0.4, 0.5) is 8.78 Å². The maximum atomic E-state index is 12.9. The second kappa shape index (κ2) is 6.60. The van der Waals surface area contributed by atoms with Gasteiger partial charge in [0, 0.05) is 6.92 Å². The molecular formula is C16H16F2N4O3S. The first-order chi connectivity index (χ1) is 12.2. The molecule has 0 spiro atoms. The van der Waals surface area contributed by atoms with E-state index < -0.39 is 22.4 Å². The van der Waals surface area contributed by atoms with E-state index in [-0.39, 0.29) is 16.4 Å². The second-order valence-corrected chi connectivity index (χ2v) is 7.99. The molecule has 0 aromatic carbocycles. The first-order valence-electron chi connectivity index (χ1n) is 7.74. The molecule has 138 valence electrons. The molecule has 26 heavy (non-hydrogen) atoms. The Morgan fingerprint density at radius 1 is 1.23 bits per heavy atom. The SMILES string of the molecule is CCS(=O)(=O)c1ccc2nncn2c1-c1ccc(OCC(C)(F)F)cn1. The molecule has 0 saturated carbocycles. The molecule has 3 rings (SSSR count). The van der Waals surface area contributed by atoms with Crippen molar-refractivity contribution in [3.63, 3.8) is 0 Å². The monoisotopic (exact) mass is 382 g/mol. The zero-order valence-electron chi connectivity index (χ0n) is 14.1. The minimum Gasteiger partial charge on any atom is -0.486 e. The van der Waals surface area contributed by atoms with E-state index in [0.717, 1.165) is 6.92 Å². The number of hydrogen-bond donors (Lipinski definition) is 0. The number of pyridine rings is 2. The number of sulfone groups is 1. The third-order valence-corrected chi connectivity index (χ3v) is 5.38. The lowest BCUT2D eigenvalue weighted by Gasteiger charge is -2.13. The van der Waals surface area contributed by atoms with E-state index >= 15 is 0 Å². The van der Waals surface area contributed by atoms with Crippen LogP contribution in [-0.2, 0) is 9.84 Å². The predicted octanol–water partition coefficient (Wildman–Crippen LogP) is 2.62. The highest BCUT2D eigenvalue weighted by atomic mass is 32.2. The summed E-state index contributed by atoms with van der Waals surface area (Å²) in [5.74, 6) is -2.89. The van der Waals surface area contributed by atoms with Crippen molar-refractivity contribution in [1.29, 1.82) is 0 Å². The van der Waals surface area contributed by atoms with Crippen LogP contribution in [0.2, 0.25) is 0 Å². The normalized spacial score (nSPS) is 12.5. The zero-order chi connectivity index (χ0) is 18.9. The smallest absolute Gasteiger partial charge is 0.278 e. The summed E-state index contributed by atoms with van der Waals surface area (Å²) >= 11 is 0. The van der Waals surface area contributed by atoms with Crippen molar-refractivity contribution in [2.75, 3.05) is 12.4 Å². The quantitative estimate of drug-likeness (QED) is 0.651. The van der Waals surface area contributed by atoms with Crippen molar-refractivity contribution in [3.8, 4) is 17.1 Å². The third kappa shape index (κ3) is 3.64. The van der Waals surface area contributed by atoms with Crippen molar-refractivity contribution in [3.05, 3.63) is 36.8 Å². The van der Waals surface area contributed by atoms with Gasteiger partial charge in [-0.3, -0.25) is 9.38 Å². The van der Waals surface area contributed by atoms with Gasteiger partial charge in [-0.05, 0) is 24.3 Å². The molecule has 0 saturated heterocycles. The summed E-state index contributed by atoms with van der Waals surface area (Å²) in [7, 11) is -3.53. The lowest BCUT2D eigenvalue weighted by Crippen LogP contribution is -2.20. The molecule has 0 aliphatic carbocycles. The Morgan fingerprint density at radius 3 is 2.62 bits per heavy atom. The largest absolute Gasteiger partial charge is 0.486 e. The van der Waals surface area contributed by atoms with Gasteiger partial charge < -0.3 is 4.74 Å². The van der Waals surface area contributed by atoms with E-state index in [0.29, 0.717) is 17.0 Å². The molecule has 3 heterocycles. The van der Waals surface area contributed by atoms with Crippen molar-refractivity contribution in [2.45, 2.75) is 24.7 Å². The van der Waals surface area contributed by atoms with Crippen LogP contribution in [0.1, 0.15) is 13.8 Å². The predicted molar refractivity (Wildman–Crippen MR) is 90.1 cm³/mol. The Hall–Kier alpha value is -2.62. The minimum atomic E-state index is -3.53. The molecule has 3 aromatic rings. The number of aromatic nitrogens is 4. The Kier molecular flexibility index (Phi) is 4.61. The van der Waals surface area contributed by atoms with Gasteiger partial charge in [0.15, 0.2) is 22.1 Å². The lowest BCUT2D eigenvalue weighted by atomic mass is 10.2. The summed E-state index contributed by atoms with van der Waals surface area (Å²) in [6.45, 7) is 1.53. The summed E-state index contributed by atoms with van der Waals surface area (Å²) in [5, 5.41) is 7.70. The van der Waals surface area contributed by atoms with Gasteiger partial charge in [0.1, 0.15) is 12.1 Å². The van der Waals surface area contributed by atoms with Gasteiger partial charge >= 0.3 is 0 Å². The standard InChI is InChI=1S/C16H16F2N4O3S/c1-3-26(23,24)13-6-7-14-21-20-10-22(14)15(13)12-5-4-11(8-19-12)25-9-16(2,17)18/h4-8,10H,3,9H2,1-2H3. The van der Waals surface area contributed by atoms with Gasteiger partial charge in [0.25, 0.3) is 5.92 Å². The number of nitrogens with zero attached hydrogens (tertiary/aromatic N) is 4. The van der Waals surface area contributed by atoms with Crippen LogP contribution in [0.3, 0.4) is 0 Å². The summed E-state index contributed by atoms with van der Waals surface area (Å²) < 4.78 is 57.2. The molecule has 3 aromatic heterocycles. The molecule has 0 aliphatic rings. The van der Waals surface area contributed by atoms with E-state index in [2.05, 4.69) is 15.2 Å². The van der Waals surface area contributed by atoms with Gasteiger partial charge in [0.2, 0.25) is 0 Å². The Morgan fingerprint density at radius 2 is 2.00 bits per heavy atom. The number of hydrogen-bond acceptors (Lipinski definition) is 6. The highest BCUT2D eigenvalue weighted by molar-refractivity contribution is 7.91. The molecular weight excluding hydrogens is 366 g/mol. The van der Waals surface area contributed by atoms with Crippen molar-refractivity contribution in [2.24, 2.45) is 0 Å². The first kappa shape index (κ1) is 18.2. The van der Waals surface area contributed by atoms with E-state index in [4.69, 9.17) is 4.74 Å². The average Bonchev–Trinajstić information content (AvgIpc) is 3.07. The van der Waals surface area contributed by atoms with Crippen LogP contribution in [-0.4, -0.2) is 46.3 Å². The van der Waals surface area contributed by atoms with Crippen LogP contribution in [0, 0.1) is 0 Å². The highest BCUT2D eigenvalue weighted by Crippen LogP contribution is 2.28. The molecule has 0 amide bonds. The highest BCUT2D eigenvalue weighted by Gasteiger charge is 2.23. The summed E-state index contributed by atoms with van der Waals surface area (Å²) in [6, 6.07) is 5.98. The van der Waals surface area contributed by atoms with Crippen LogP contribution in [0.25, 0.3) is 17.0 Å². The van der Waals surface area contributed by atoms with Gasteiger partial charge in [-0.15, -0.1) is 10.2 Å². The topological polar surface area (TPSA) is 86.5 Å². The second-order valence-electron chi connectivity index (χ2n) is 5.75. The van der Waals surface area contributed by atoms with E-state index in [1.807, 2.05) is 0 Å². The molecule has 7 nitrogen and oxygen atoms in total. The Balaban J connectivity index is 2.07. The lowest BCUT2D eigenvalue weighted by molar-refractivity contribution is -0.0230. The van der Waals surface area contributed by atoms with E-state index in [1.165, 1.54) is 35.1 Å². The molecule has 0 aliphatic heterocycles. The Bertz CT molecular complexity index is 1030. The molecule has 0 atom stereocenters. The van der Waals surface area contributed by atoms with Gasteiger partial charge in [-0.1, -0.05) is 6.92 Å². The number of rotatable bonds is 6. The molecule has 0 N–H and O–H groups in total. The number of halogens is 2. The van der Waals surface area contributed by atoms with Crippen LogP contribution in [0.15, 0.2) is 41.7 Å². The minimum absolute atomic E-state index is 0.0829. The number of fused-ring (bicyclic) bond motifs is 1. The molecule has 0 bridgehead atoms. The maximum absolute atomic E-state index is 12.9. The molecule has 0 radical (unpaired) electrons. The van der Waals surface area contributed by atoms with Gasteiger partial charge in [-0.2, -0.15) is 0 Å². The maximum Gasteiger partial charge on any atom is 0.278 e. The zero-order valence-corrected chi connectivity index (χ0v) is 14.9. The summed E-state index contributed by atoms with van der Waals surface area (Å²) in [5.41, 5.74) is 1.10. The molecule has 0 fully saturated rings. The fraction of sp³-hybridized carbons (Fsp3) is 0.312. The van der Waals surface area contributed by atoms with Crippen LogP contribution in [0.5, 0.6) is 5.75 Å². The van der Waals surface area contributed by atoms with Gasteiger partial charge in [-0.25, -0.2) is 17.2 Å². The molecule has 10 heteroatoms. The van der Waals surface area contributed by atoms with E-state index in [9.17, 15) is 17.2 Å². The number of ether oxygens (including phenoxy) is 1.